The monoisotopic (exact) mass is 362 g/mol. The Labute approximate surface area is 154 Å². The average Bonchev–Trinajstić information content (AvgIpc) is 3.24. The van der Waals surface area contributed by atoms with Crippen molar-refractivity contribution in [3.8, 4) is 16.4 Å². The zero-order valence-corrected chi connectivity index (χ0v) is 15.2. The van der Waals surface area contributed by atoms with E-state index in [1.807, 2.05) is 54.6 Å². The molecule has 0 radical (unpaired) electrons. The fourth-order valence-electron chi connectivity index (χ4n) is 2.77. The number of H-pyrrole nitrogens is 1. The van der Waals surface area contributed by atoms with E-state index in [9.17, 15) is 4.79 Å². The summed E-state index contributed by atoms with van der Waals surface area (Å²) in [7, 11) is 0. The topological polar surface area (TPSA) is 63.0 Å². The predicted molar refractivity (Wildman–Crippen MR) is 108 cm³/mol. The van der Waals surface area contributed by atoms with Crippen LogP contribution < -0.4 is 5.56 Å². The summed E-state index contributed by atoms with van der Waals surface area (Å²) in [5, 5.41) is 3.86. The molecular formula is C20H18N4OS. The van der Waals surface area contributed by atoms with Gasteiger partial charge in [-0.1, -0.05) is 60.7 Å². The molecule has 2 aromatic heterocycles. The molecule has 0 unspecified atom stereocenters. The quantitative estimate of drug-likeness (QED) is 0.539. The van der Waals surface area contributed by atoms with Gasteiger partial charge in [-0.2, -0.15) is 4.68 Å². The molecule has 2 heterocycles. The molecule has 6 heteroatoms. The third-order valence-electron chi connectivity index (χ3n) is 4.04. The van der Waals surface area contributed by atoms with Crippen molar-refractivity contribution in [3.63, 3.8) is 0 Å². The summed E-state index contributed by atoms with van der Waals surface area (Å²) in [4.78, 5) is 22.0. The minimum absolute atomic E-state index is 0.136. The maximum absolute atomic E-state index is 13.0. The lowest BCUT2D eigenvalue weighted by atomic mass is 10.1. The molecule has 0 fully saturated rings. The molecule has 0 aliphatic carbocycles. The highest BCUT2D eigenvalue weighted by Gasteiger charge is 2.17. The number of hydrogen-bond donors (Lipinski definition) is 1. The summed E-state index contributed by atoms with van der Waals surface area (Å²) < 4.78 is 2.56. The molecule has 26 heavy (non-hydrogen) atoms. The lowest BCUT2D eigenvalue weighted by Crippen LogP contribution is -2.17. The first-order valence-electron chi connectivity index (χ1n) is 8.54. The second-order valence-electron chi connectivity index (χ2n) is 5.91. The van der Waals surface area contributed by atoms with Crippen LogP contribution in [0.2, 0.25) is 0 Å². The number of benzene rings is 2. The van der Waals surface area contributed by atoms with Gasteiger partial charge in [-0.05, 0) is 18.6 Å². The van der Waals surface area contributed by atoms with E-state index in [1.165, 1.54) is 16.0 Å². The highest BCUT2D eigenvalue weighted by Crippen LogP contribution is 2.25. The largest absolute Gasteiger partial charge is 0.292 e. The van der Waals surface area contributed by atoms with Crippen molar-refractivity contribution in [2.75, 3.05) is 6.54 Å². The van der Waals surface area contributed by atoms with Crippen LogP contribution in [0.5, 0.6) is 0 Å². The SMILES string of the molecule is CCCN=Cc1c(-c2ccccc2)[nH]n(-c2nc3ccccc3s2)c1=O. The number of aliphatic imine (C=N–C) groups is 1. The molecule has 0 bridgehead atoms. The van der Waals surface area contributed by atoms with Gasteiger partial charge in [-0.3, -0.25) is 14.9 Å². The van der Waals surface area contributed by atoms with Crippen molar-refractivity contribution in [1.82, 2.24) is 14.8 Å². The van der Waals surface area contributed by atoms with Crippen LogP contribution in [0.25, 0.3) is 26.6 Å². The van der Waals surface area contributed by atoms with Crippen LogP contribution >= 0.6 is 11.3 Å². The van der Waals surface area contributed by atoms with E-state index in [4.69, 9.17) is 0 Å². The molecular weight excluding hydrogens is 344 g/mol. The fourth-order valence-corrected chi connectivity index (χ4v) is 3.70. The van der Waals surface area contributed by atoms with Gasteiger partial charge in [0.2, 0.25) is 5.13 Å². The summed E-state index contributed by atoms with van der Waals surface area (Å²) >= 11 is 1.49. The summed E-state index contributed by atoms with van der Waals surface area (Å²) in [5.41, 5.74) is 3.01. The molecule has 0 atom stereocenters. The Morgan fingerprint density at radius 1 is 1.15 bits per heavy atom. The molecule has 0 aliphatic heterocycles. The van der Waals surface area contributed by atoms with Crippen LogP contribution in [0.3, 0.4) is 0 Å². The lowest BCUT2D eigenvalue weighted by Gasteiger charge is -1.99. The molecule has 0 saturated carbocycles. The average molecular weight is 362 g/mol. The normalized spacial score (nSPS) is 11.6. The van der Waals surface area contributed by atoms with Gasteiger partial charge in [-0.25, -0.2) is 4.98 Å². The predicted octanol–water partition coefficient (Wildman–Crippen LogP) is 4.27. The number of para-hydroxylation sites is 1. The number of fused-ring (bicyclic) bond motifs is 1. The van der Waals surface area contributed by atoms with Gasteiger partial charge < -0.3 is 0 Å². The Balaban J connectivity index is 1.89. The highest BCUT2D eigenvalue weighted by atomic mass is 32.1. The molecule has 130 valence electrons. The first kappa shape index (κ1) is 16.5. The van der Waals surface area contributed by atoms with Crippen LogP contribution in [0, 0.1) is 0 Å². The van der Waals surface area contributed by atoms with Crippen LogP contribution in [0.15, 0.2) is 64.4 Å². The molecule has 0 amide bonds. The second kappa shape index (κ2) is 7.09. The summed E-state index contributed by atoms with van der Waals surface area (Å²) in [6, 6.07) is 17.7. The van der Waals surface area contributed by atoms with Gasteiger partial charge in [0.15, 0.2) is 0 Å². The number of rotatable bonds is 5. The van der Waals surface area contributed by atoms with Crippen LogP contribution in [-0.4, -0.2) is 27.5 Å². The van der Waals surface area contributed by atoms with Gasteiger partial charge in [0, 0.05) is 18.3 Å². The van der Waals surface area contributed by atoms with E-state index in [0.717, 1.165) is 27.9 Å². The number of aromatic nitrogens is 3. The van der Waals surface area contributed by atoms with Crippen LogP contribution in [-0.2, 0) is 0 Å². The van der Waals surface area contributed by atoms with E-state index >= 15 is 0 Å². The van der Waals surface area contributed by atoms with Gasteiger partial charge in [-0.15, -0.1) is 0 Å². The van der Waals surface area contributed by atoms with E-state index in [-0.39, 0.29) is 5.56 Å². The summed E-state index contributed by atoms with van der Waals surface area (Å²) in [5.74, 6) is 0. The zero-order chi connectivity index (χ0) is 17.9. The Bertz CT molecular complexity index is 1090. The maximum atomic E-state index is 13.0. The number of aromatic amines is 1. The standard InChI is InChI=1S/C20H18N4OS/c1-2-12-21-13-15-18(14-8-4-3-5-9-14)23-24(19(15)25)20-22-16-10-6-7-11-17(16)26-20/h3-11,13,23H,2,12H2,1H3. The molecule has 0 saturated heterocycles. The Hall–Kier alpha value is -2.99. The number of hydrogen-bond acceptors (Lipinski definition) is 4. The van der Waals surface area contributed by atoms with Gasteiger partial charge in [0.1, 0.15) is 0 Å². The third kappa shape index (κ3) is 2.99. The van der Waals surface area contributed by atoms with Gasteiger partial charge in [0.05, 0.1) is 21.5 Å². The summed E-state index contributed by atoms with van der Waals surface area (Å²) in [6.45, 7) is 2.76. The molecule has 5 nitrogen and oxygen atoms in total. The molecule has 0 spiro atoms. The zero-order valence-electron chi connectivity index (χ0n) is 14.3. The number of nitrogens with zero attached hydrogens (tertiary/aromatic N) is 3. The van der Waals surface area contributed by atoms with Crippen molar-refractivity contribution in [1.29, 1.82) is 0 Å². The van der Waals surface area contributed by atoms with Crippen molar-refractivity contribution < 1.29 is 0 Å². The molecule has 4 rings (SSSR count). The van der Waals surface area contributed by atoms with E-state index in [1.54, 1.807) is 6.21 Å². The maximum Gasteiger partial charge on any atom is 0.282 e. The van der Waals surface area contributed by atoms with Crippen molar-refractivity contribution >= 4 is 27.8 Å². The fraction of sp³-hybridized carbons (Fsp3) is 0.150. The van der Waals surface area contributed by atoms with E-state index in [2.05, 4.69) is 22.0 Å². The van der Waals surface area contributed by atoms with Gasteiger partial charge in [0.25, 0.3) is 5.56 Å². The molecule has 1 N–H and O–H groups in total. The molecule has 0 aliphatic rings. The molecule has 4 aromatic rings. The van der Waals surface area contributed by atoms with Crippen molar-refractivity contribution in [3.05, 3.63) is 70.5 Å². The minimum atomic E-state index is -0.136. The van der Waals surface area contributed by atoms with Crippen LogP contribution in [0.4, 0.5) is 0 Å². The van der Waals surface area contributed by atoms with E-state index in [0.29, 0.717) is 17.2 Å². The Kier molecular flexibility index (Phi) is 4.50. The summed E-state index contributed by atoms with van der Waals surface area (Å²) in [6.07, 6.45) is 2.61. The Morgan fingerprint density at radius 3 is 2.69 bits per heavy atom. The van der Waals surface area contributed by atoms with Crippen molar-refractivity contribution in [2.45, 2.75) is 13.3 Å². The highest BCUT2D eigenvalue weighted by molar-refractivity contribution is 7.20. The third-order valence-corrected chi connectivity index (χ3v) is 5.06. The molecule has 2 aromatic carbocycles. The minimum Gasteiger partial charge on any atom is -0.292 e. The number of nitrogens with one attached hydrogen (secondary N) is 1. The van der Waals surface area contributed by atoms with Crippen molar-refractivity contribution in [2.24, 2.45) is 4.99 Å². The van der Waals surface area contributed by atoms with E-state index < -0.39 is 0 Å². The number of thiazole rings is 1. The second-order valence-corrected chi connectivity index (χ2v) is 6.92. The van der Waals surface area contributed by atoms with Crippen LogP contribution in [0.1, 0.15) is 18.9 Å². The smallest absolute Gasteiger partial charge is 0.282 e. The first-order valence-corrected chi connectivity index (χ1v) is 9.36. The lowest BCUT2D eigenvalue weighted by molar-refractivity contribution is 0.845. The first-order chi connectivity index (χ1) is 12.8. The Morgan fingerprint density at radius 2 is 1.92 bits per heavy atom. The van der Waals surface area contributed by atoms with Gasteiger partial charge >= 0.3 is 0 Å².